The number of aromatic nitrogens is 3. The Morgan fingerprint density at radius 1 is 1.26 bits per heavy atom. The van der Waals surface area contributed by atoms with E-state index in [1.165, 1.54) is 0 Å². The van der Waals surface area contributed by atoms with Crippen LogP contribution >= 0.6 is 0 Å². The summed E-state index contributed by atoms with van der Waals surface area (Å²) in [6.45, 7) is 6.62. The molecule has 2 aromatic heterocycles. The lowest BCUT2D eigenvalue weighted by Gasteiger charge is -2.35. The number of hydrogen-bond acceptors (Lipinski definition) is 7. The highest BCUT2D eigenvalue weighted by molar-refractivity contribution is 7.91. The van der Waals surface area contributed by atoms with Crippen LogP contribution in [-0.2, 0) is 20.1 Å². The molecule has 1 atom stereocenters. The van der Waals surface area contributed by atoms with E-state index in [2.05, 4.69) is 16.4 Å². The van der Waals surface area contributed by atoms with Gasteiger partial charge in [0.25, 0.3) is 5.56 Å². The van der Waals surface area contributed by atoms with E-state index in [4.69, 9.17) is 9.84 Å². The molecule has 1 aliphatic rings. The van der Waals surface area contributed by atoms with Crippen LogP contribution in [0.25, 0.3) is 10.9 Å². The monoisotopic (exact) mass is 483 g/mol. The summed E-state index contributed by atoms with van der Waals surface area (Å²) in [6, 6.07) is 10.4. The molecule has 0 unspecified atom stereocenters. The van der Waals surface area contributed by atoms with Gasteiger partial charge in [0.2, 0.25) is 0 Å². The Hall–Kier alpha value is -3.16. The van der Waals surface area contributed by atoms with Crippen LogP contribution in [0.3, 0.4) is 0 Å². The van der Waals surface area contributed by atoms with Crippen molar-refractivity contribution in [3.05, 3.63) is 46.9 Å². The molecule has 34 heavy (non-hydrogen) atoms. The highest BCUT2D eigenvalue weighted by Crippen LogP contribution is 2.35. The SMILES string of the molecule is CC(C)(C)CS(=O)(=O)c1ccc(Nc2nn([C@]3(CC#N)CCCOC3)c3cc[nH]c(=O)c23)cc1. The molecule has 0 radical (unpaired) electrons. The van der Waals surface area contributed by atoms with Crippen LogP contribution in [0.15, 0.2) is 46.2 Å². The Morgan fingerprint density at radius 3 is 2.62 bits per heavy atom. The molecule has 1 saturated heterocycles. The lowest BCUT2D eigenvalue weighted by Crippen LogP contribution is -2.42. The molecule has 1 aliphatic heterocycles. The van der Waals surface area contributed by atoms with Gasteiger partial charge in [-0.25, -0.2) is 8.42 Å². The number of nitrogens with one attached hydrogen (secondary N) is 2. The van der Waals surface area contributed by atoms with Gasteiger partial charge in [0.05, 0.1) is 40.8 Å². The number of aromatic amines is 1. The van der Waals surface area contributed by atoms with Gasteiger partial charge in [0.15, 0.2) is 15.7 Å². The van der Waals surface area contributed by atoms with Crippen LogP contribution in [0.2, 0.25) is 0 Å². The molecule has 2 N–H and O–H groups in total. The molecule has 4 rings (SSSR count). The van der Waals surface area contributed by atoms with Crippen LogP contribution in [0.5, 0.6) is 0 Å². The lowest BCUT2D eigenvalue weighted by molar-refractivity contribution is -0.00174. The van der Waals surface area contributed by atoms with E-state index < -0.39 is 15.4 Å². The zero-order valence-electron chi connectivity index (χ0n) is 19.6. The Kier molecular flexibility index (Phi) is 6.27. The van der Waals surface area contributed by atoms with Crippen molar-refractivity contribution in [2.75, 3.05) is 24.3 Å². The Balaban J connectivity index is 1.72. The van der Waals surface area contributed by atoms with Crippen LogP contribution in [-0.4, -0.2) is 42.1 Å². The molecule has 0 aliphatic carbocycles. The molecular weight excluding hydrogens is 454 g/mol. The largest absolute Gasteiger partial charge is 0.379 e. The highest BCUT2D eigenvalue weighted by atomic mass is 32.2. The number of benzene rings is 1. The summed E-state index contributed by atoms with van der Waals surface area (Å²) in [5, 5.41) is 17.7. The fourth-order valence-corrected chi connectivity index (χ4v) is 6.29. The zero-order valence-corrected chi connectivity index (χ0v) is 20.4. The molecule has 10 heteroatoms. The molecule has 1 aromatic carbocycles. The van der Waals surface area contributed by atoms with E-state index in [1.807, 2.05) is 20.8 Å². The second-order valence-corrected chi connectivity index (χ2v) is 12.0. The number of anilines is 2. The third kappa shape index (κ3) is 4.72. The van der Waals surface area contributed by atoms with E-state index in [9.17, 15) is 18.5 Å². The third-order valence-electron chi connectivity index (χ3n) is 5.86. The van der Waals surface area contributed by atoms with Gasteiger partial charge in [0, 0.05) is 18.5 Å². The molecule has 9 nitrogen and oxygen atoms in total. The van der Waals surface area contributed by atoms with Crippen molar-refractivity contribution >= 4 is 32.2 Å². The van der Waals surface area contributed by atoms with Crippen molar-refractivity contribution < 1.29 is 13.2 Å². The minimum absolute atomic E-state index is 0.0419. The second kappa shape index (κ2) is 8.89. The van der Waals surface area contributed by atoms with E-state index in [0.29, 0.717) is 42.0 Å². The molecule has 180 valence electrons. The first-order valence-electron chi connectivity index (χ1n) is 11.2. The summed E-state index contributed by atoms with van der Waals surface area (Å²) >= 11 is 0. The lowest BCUT2D eigenvalue weighted by atomic mass is 9.89. The van der Waals surface area contributed by atoms with E-state index in [1.54, 1.807) is 41.2 Å². The summed E-state index contributed by atoms with van der Waals surface area (Å²) in [5.74, 6) is 0.380. The normalized spacial score (nSPS) is 19.1. The molecule has 0 spiro atoms. The summed E-state index contributed by atoms with van der Waals surface area (Å²) in [6.07, 6.45) is 3.27. The molecule has 3 aromatic rings. The minimum atomic E-state index is -3.42. The number of ether oxygens (including phenoxy) is 1. The van der Waals surface area contributed by atoms with Crippen LogP contribution in [0, 0.1) is 16.7 Å². The number of pyridine rings is 1. The minimum Gasteiger partial charge on any atom is -0.379 e. The molecular formula is C24H29N5O4S. The molecule has 0 bridgehead atoms. The maximum atomic E-state index is 12.7. The summed E-state index contributed by atoms with van der Waals surface area (Å²) in [4.78, 5) is 15.7. The fourth-order valence-electron chi connectivity index (χ4n) is 4.43. The van der Waals surface area contributed by atoms with Gasteiger partial charge in [-0.2, -0.15) is 10.4 Å². The Morgan fingerprint density at radius 2 is 2.00 bits per heavy atom. The van der Waals surface area contributed by atoms with Gasteiger partial charge in [-0.3, -0.25) is 9.48 Å². The Bertz CT molecular complexity index is 1390. The van der Waals surface area contributed by atoms with Gasteiger partial charge >= 0.3 is 0 Å². The predicted molar refractivity (Wildman–Crippen MR) is 130 cm³/mol. The van der Waals surface area contributed by atoms with E-state index in [-0.39, 0.29) is 28.0 Å². The van der Waals surface area contributed by atoms with Crippen molar-refractivity contribution in [2.24, 2.45) is 5.41 Å². The maximum absolute atomic E-state index is 12.7. The number of hydrogen-bond donors (Lipinski definition) is 2. The van der Waals surface area contributed by atoms with E-state index >= 15 is 0 Å². The molecule has 3 heterocycles. The first kappa shape index (κ1) is 24.0. The van der Waals surface area contributed by atoms with Gasteiger partial charge in [0.1, 0.15) is 5.39 Å². The topological polar surface area (TPSA) is 130 Å². The van der Waals surface area contributed by atoms with Crippen molar-refractivity contribution in [3.63, 3.8) is 0 Å². The molecule has 0 saturated carbocycles. The second-order valence-electron chi connectivity index (χ2n) is 10.0. The fraction of sp³-hybridized carbons (Fsp3) is 0.458. The van der Waals surface area contributed by atoms with Crippen LogP contribution in [0.4, 0.5) is 11.5 Å². The van der Waals surface area contributed by atoms with Gasteiger partial charge < -0.3 is 15.0 Å². The van der Waals surface area contributed by atoms with Crippen molar-refractivity contribution in [1.82, 2.24) is 14.8 Å². The zero-order chi connectivity index (χ0) is 24.6. The molecule has 0 amide bonds. The van der Waals surface area contributed by atoms with Gasteiger partial charge in [-0.05, 0) is 48.6 Å². The van der Waals surface area contributed by atoms with Crippen LogP contribution < -0.4 is 10.9 Å². The summed E-state index contributed by atoms with van der Waals surface area (Å²) in [7, 11) is -3.42. The highest BCUT2D eigenvalue weighted by Gasteiger charge is 2.38. The molecule has 1 fully saturated rings. The third-order valence-corrected chi connectivity index (χ3v) is 8.10. The van der Waals surface area contributed by atoms with Crippen molar-refractivity contribution in [2.45, 2.75) is 50.5 Å². The number of nitrogens with zero attached hydrogens (tertiary/aromatic N) is 3. The van der Waals surface area contributed by atoms with Gasteiger partial charge in [-0.1, -0.05) is 20.8 Å². The Labute approximate surface area is 198 Å². The van der Waals surface area contributed by atoms with Crippen LogP contribution in [0.1, 0.15) is 40.0 Å². The first-order chi connectivity index (χ1) is 16.0. The smallest absolute Gasteiger partial charge is 0.261 e. The number of rotatable bonds is 6. The number of H-pyrrole nitrogens is 1. The average Bonchev–Trinajstić information content (AvgIpc) is 3.14. The average molecular weight is 484 g/mol. The summed E-state index contributed by atoms with van der Waals surface area (Å²) < 4.78 is 32.8. The maximum Gasteiger partial charge on any atom is 0.261 e. The number of sulfone groups is 1. The first-order valence-corrected chi connectivity index (χ1v) is 12.9. The number of fused-ring (bicyclic) bond motifs is 1. The quantitative estimate of drug-likeness (QED) is 0.547. The standard InChI is InChI=1S/C24H29N5O4S/c1-23(2,3)16-34(31,32)18-7-5-17(6-8-18)27-21-20-19(9-13-26-22(20)30)29(28-21)24(11-12-25)10-4-14-33-15-24/h5-9,13H,4,10-11,14-16H2,1-3H3,(H,26,30)(H,27,28)/t24-/m0/s1. The van der Waals surface area contributed by atoms with Gasteiger partial charge in [-0.15, -0.1) is 0 Å². The van der Waals surface area contributed by atoms with Crippen molar-refractivity contribution in [3.8, 4) is 6.07 Å². The number of nitriles is 1. The van der Waals surface area contributed by atoms with Crippen molar-refractivity contribution in [1.29, 1.82) is 5.26 Å². The predicted octanol–water partition coefficient (Wildman–Crippen LogP) is 3.71. The summed E-state index contributed by atoms with van der Waals surface area (Å²) in [5.41, 5.74) is -0.121. The van der Waals surface area contributed by atoms with E-state index in [0.717, 1.165) is 6.42 Å².